The van der Waals surface area contributed by atoms with Crippen LogP contribution in [-0.2, 0) is 0 Å². The lowest BCUT2D eigenvalue weighted by Crippen LogP contribution is -2.00. The smallest absolute Gasteiger partial charge is 0.143 e. The predicted molar refractivity (Wildman–Crippen MR) is 242 cm³/mol. The van der Waals surface area contributed by atoms with Crippen LogP contribution in [0.2, 0.25) is 0 Å². The van der Waals surface area contributed by atoms with Crippen LogP contribution in [0.1, 0.15) is 0 Å². The molecule has 0 aliphatic rings. The number of fused-ring (bicyclic) bond motifs is 3. The van der Waals surface area contributed by atoms with Crippen molar-refractivity contribution in [1.82, 2.24) is 9.55 Å². The van der Waals surface area contributed by atoms with Gasteiger partial charge in [0.1, 0.15) is 17.0 Å². The van der Waals surface area contributed by atoms with Crippen molar-refractivity contribution in [3.05, 3.63) is 206 Å². The van der Waals surface area contributed by atoms with Gasteiger partial charge in [-0.05, 0) is 86.1 Å². The molecule has 0 fully saturated rings. The third-order valence-electron chi connectivity index (χ3n) is 11.8. The Kier molecular flexibility index (Phi) is 7.23. The fourth-order valence-electron chi connectivity index (χ4n) is 8.97. The van der Waals surface area contributed by atoms with E-state index >= 15 is 0 Å². The summed E-state index contributed by atoms with van der Waals surface area (Å²) in [6, 6.07) is 73.8. The highest BCUT2D eigenvalue weighted by Gasteiger charge is 2.21. The summed E-state index contributed by atoms with van der Waals surface area (Å²) in [5.74, 6) is 0.871. The van der Waals surface area contributed by atoms with Crippen molar-refractivity contribution in [2.24, 2.45) is 0 Å². The highest BCUT2D eigenvalue weighted by atomic mass is 16.3. The lowest BCUT2D eigenvalue weighted by Gasteiger charge is -2.14. The first kappa shape index (κ1) is 32.5. The van der Waals surface area contributed by atoms with Crippen molar-refractivity contribution in [2.45, 2.75) is 0 Å². The van der Waals surface area contributed by atoms with E-state index in [9.17, 15) is 0 Å². The first-order valence-electron chi connectivity index (χ1n) is 19.8. The van der Waals surface area contributed by atoms with Gasteiger partial charge in [-0.15, -0.1) is 0 Å². The molecule has 0 bridgehead atoms. The predicted octanol–water partition coefficient (Wildman–Crippen LogP) is 15.0. The Labute approximate surface area is 335 Å². The number of hydrogen-bond acceptors (Lipinski definition) is 2. The molecule has 0 saturated carbocycles. The number of aromatic nitrogens is 2. The summed E-state index contributed by atoms with van der Waals surface area (Å²) in [7, 11) is 0. The molecule has 270 valence electrons. The van der Waals surface area contributed by atoms with Gasteiger partial charge in [-0.3, -0.25) is 4.57 Å². The molecule has 9 aromatic carbocycles. The van der Waals surface area contributed by atoms with E-state index in [1.54, 1.807) is 0 Å². The third kappa shape index (κ3) is 5.18. The van der Waals surface area contributed by atoms with Gasteiger partial charge >= 0.3 is 0 Å². The molecule has 0 unspecified atom stereocenters. The minimum atomic E-state index is 0.871. The third-order valence-corrected chi connectivity index (χ3v) is 11.8. The minimum absolute atomic E-state index is 0.871. The number of nitrogens with zero attached hydrogens (tertiary/aromatic N) is 2. The van der Waals surface area contributed by atoms with E-state index in [1.807, 2.05) is 6.07 Å². The van der Waals surface area contributed by atoms with Crippen LogP contribution in [0, 0.1) is 0 Å². The molecule has 0 spiro atoms. The largest absolute Gasteiger partial charge is 0.455 e. The molecular formula is C55H34N2O. The van der Waals surface area contributed by atoms with Crippen molar-refractivity contribution in [3.8, 4) is 61.6 Å². The zero-order chi connectivity index (χ0) is 38.2. The highest BCUT2D eigenvalue weighted by Crippen LogP contribution is 2.44. The molecule has 12 aromatic rings. The molecule has 12 rings (SSSR count). The van der Waals surface area contributed by atoms with Crippen molar-refractivity contribution in [3.63, 3.8) is 0 Å². The summed E-state index contributed by atoms with van der Waals surface area (Å²) in [5.41, 5.74) is 15.2. The first-order chi connectivity index (χ1) is 28.7. The average Bonchev–Trinajstić information content (AvgIpc) is 3.85. The first-order valence-corrected chi connectivity index (χ1v) is 19.8. The molecule has 0 aliphatic heterocycles. The minimum Gasteiger partial charge on any atom is -0.455 e. The fraction of sp³-hybridized carbons (Fsp3) is 0. The number of benzene rings is 9. The van der Waals surface area contributed by atoms with Crippen LogP contribution in [0.15, 0.2) is 211 Å². The Bertz CT molecular complexity index is 3370. The Morgan fingerprint density at radius 1 is 0.362 bits per heavy atom. The van der Waals surface area contributed by atoms with Crippen LogP contribution in [0.25, 0.3) is 116 Å². The molecule has 3 heterocycles. The summed E-state index contributed by atoms with van der Waals surface area (Å²) in [4.78, 5) is 5.52. The Balaban J connectivity index is 1.09. The molecule has 0 saturated heterocycles. The SMILES string of the molecule is c1ccc(-c2ccc(-c3cc(-c4ccc(-c5ccccc5)cc4)nc(-n4c5cccc6ccc7cc(-c8cccc9c8oc8ccccc89)cc4c7c65)c3)cc2)cc1. The average molecular weight is 739 g/mol. The lowest BCUT2D eigenvalue weighted by atomic mass is 9.96. The molecule has 0 atom stereocenters. The molecule has 3 nitrogen and oxygen atoms in total. The summed E-state index contributed by atoms with van der Waals surface area (Å²) in [6.07, 6.45) is 0. The van der Waals surface area contributed by atoms with Crippen LogP contribution in [0.5, 0.6) is 0 Å². The maximum atomic E-state index is 6.57. The summed E-state index contributed by atoms with van der Waals surface area (Å²) >= 11 is 0. The molecule has 58 heavy (non-hydrogen) atoms. The Morgan fingerprint density at radius 3 is 1.69 bits per heavy atom. The van der Waals surface area contributed by atoms with Gasteiger partial charge in [0, 0.05) is 32.7 Å². The zero-order valence-electron chi connectivity index (χ0n) is 31.4. The second kappa shape index (κ2) is 12.9. The van der Waals surface area contributed by atoms with E-state index in [2.05, 4.69) is 205 Å². The van der Waals surface area contributed by atoms with Crippen LogP contribution < -0.4 is 0 Å². The normalized spacial score (nSPS) is 11.8. The monoisotopic (exact) mass is 738 g/mol. The van der Waals surface area contributed by atoms with Crippen molar-refractivity contribution in [1.29, 1.82) is 0 Å². The number of pyridine rings is 1. The van der Waals surface area contributed by atoms with Crippen LogP contribution in [-0.4, -0.2) is 9.55 Å². The van der Waals surface area contributed by atoms with E-state index in [1.165, 1.54) is 43.8 Å². The topological polar surface area (TPSA) is 31.0 Å². The van der Waals surface area contributed by atoms with Gasteiger partial charge in [0.2, 0.25) is 0 Å². The van der Waals surface area contributed by atoms with Crippen LogP contribution >= 0.6 is 0 Å². The van der Waals surface area contributed by atoms with E-state index in [0.29, 0.717) is 0 Å². The van der Waals surface area contributed by atoms with Gasteiger partial charge in [-0.1, -0.05) is 170 Å². The standard InChI is InChI=1S/C55H34N2O/c1-3-11-35(12-4-1)37-21-23-39(24-22-37)43-32-48(40-27-25-38(26-28-40)36-13-5-2-6-14-36)56-52(34-43)57-49-19-9-15-41-29-30-42-31-44(33-50(57)54(42)53(41)49)45-17-10-18-47-46-16-7-8-20-51(46)58-55(45)47/h1-34H. The van der Waals surface area contributed by atoms with Crippen molar-refractivity contribution in [2.75, 3.05) is 0 Å². The summed E-state index contributed by atoms with van der Waals surface area (Å²) < 4.78 is 8.95. The molecule has 0 amide bonds. The maximum absolute atomic E-state index is 6.57. The zero-order valence-corrected chi connectivity index (χ0v) is 31.4. The summed E-state index contributed by atoms with van der Waals surface area (Å²) in [6.45, 7) is 0. The van der Waals surface area contributed by atoms with Gasteiger partial charge < -0.3 is 4.42 Å². The quantitative estimate of drug-likeness (QED) is 0.159. The maximum Gasteiger partial charge on any atom is 0.143 e. The summed E-state index contributed by atoms with van der Waals surface area (Å²) in [5, 5.41) is 7.13. The van der Waals surface area contributed by atoms with Gasteiger partial charge in [-0.25, -0.2) is 4.98 Å². The van der Waals surface area contributed by atoms with E-state index < -0.39 is 0 Å². The number of rotatable bonds is 6. The lowest BCUT2D eigenvalue weighted by molar-refractivity contribution is 0.670. The van der Waals surface area contributed by atoms with E-state index in [4.69, 9.17) is 9.40 Å². The number of hydrogen-bond donors (Lipinski definition) is 0. The van der Waals surface area contributed by atoms with Crippen LogP contribution in [0.4, 0.5) is 0 Å². The van der Waals surface area contributed by atoms with Crippen LogP contribution in [0.3, 0.4) is 0 Å². The number of para-hydroxylation sites is 2. The second-order valence-electron chi connectivity index (χ2n) is 15.1. The highest BCUT2D eigenvalue weighted by molar-refractivity contribution is 6.25. The number of furan rings is 1. The molecule has 3 aromatic heterocycles. The van der Waals surface area contributed by atoms with Crippen molar-refractivity contribution < 1.29 is 4.42 Å². The van der Waals surface area contributed by atoms with Gasteiger partial charge in [0.05, 0.1) is 16.7 Å². The van der Waals surface area contributed by atoms with Gasteiger partial charge in [-0.2, -0.15) is 0 Å². The van der Waals surface area contributed by atoms with Gasteiger partial charge in [0.15, 0.2) is 0 Å². The Morgan fingerprint density at radius 2 is 0.948 bits per heavy atom. The fourth-order valence-corrected chi connectivity index (χ4v) is 8.97. The molecule has 0 N–H and O–H groups in total. The molecular weight excluding hydrogens is 705 g/mol. The second-order valence-corrected chi connectivity index (χ2v) is 15.1. The molecule has 3 heteroatoms. The van der Waals surface area contributed by atoms with E-state index in [-0.39, 0.29) is 0 Å². The van der Waals surface area contributed by atoms with E-state index in [0.717, 1.165) is 72.3 Å². The molecule has 0 radical (unpaired) electrons. The van der Waals surface area contributed by atoms with Crippen molar-refractivity contribution >= 4 is 54.5 Å². The Hall–Kier alpha value is -7.75. The molecule has 0 aliphatic carbocycles. The van der Waals surface area contributed by atoms with Gasteiger partial charge in [0.25, 0.3) is 0 Å².